The second-order valence-electron chi connectivity index (χ2n) is 6.37. The van der Waals surface area contributed by atoms with Gasteiger partial charge in [-0.25, -0.2) is 0 Å². The first kappa shape index (κ1) is 20.2. The number of alkyl halides is 2. The molecule has 1 saturated carbocycles. The van der Waals surface area contributed by atoms with Gasteiger partial charge in [-0.05, 0) is 48.7 Å². The van der Waals surface area contributed by atoms with Crippen LogP contribution in [0.3, 0.4) is 0 Å². The summed E-state index contributed by atoms with van der Waals surface area (Å²) in [6.45, 7) is -2.65. The predicted octanol–water partition coefficient (Wildman–Crippen LogP) is 4.76. The third-order valence-electron chi connectivity index (χ3n) is 4.44. The zero-order valence-electron chi connectivity index (χ0n) is 15.5. The Bertz CT molecular complexity index is 858. The van der Waals surface area contributed by atoms with Gasteiger partial charge in [0.1, 0.15) is 5.75 Å². The van der Waals surface area contributed by atoms with Crippen LogP contribution in [0.15, 0.2) is 36.4 Å². The van der Waals surface area contributed by atoms with Crippen molar-refractivity contribution in [1.82, 2.24) is 4.90 Å². The monoisotopic (exact) mass is 411 g/mol. The Balaban J connectivity index is 1.86. The van der Waals surface area contributed by atoms with E-state index in [4.69, 9.17) is 21.1 Å². The van der Waals surface area contributed by atoms with Gasteiger partial charge >= 0.3 is 6.61 Å². The van der Waals surface area contributed by atoms with Gasteiger partial charge in [0.2, 0.25) is 0 Å². The minimum absolute atomic E-state index is 0.0536. The molecule has 0 atom stereocenters. The third kappa shape index (κ3) is 4.65. The lowest BCUT2D eigenvalue weighted by Gasteiger charge is -2.24. The largest absolute Gasteiger partial charge is 0.496 e. The number of hydrogen-bond acceptors (Lipinski definition) is 4. The molecular weight excluding hydrogens is 392 g/mol. The number of rotatable bonds is 8. The van der Waals surface area contributed by atoms with E-state index in [0.717, 1.165) is 18.4 Å². The molecule has 0 spiro atoms. The summed E-state index contributed by atoms with van der Waals surface area (Å²) in [5.41, 5.74) is 1.12. The summed E-state index contributed by atoms with van der Waals surface area (Å²) >= 11 is 6.06. The summed E-state index contributed by atoms with van der Waals surface area (Å²) in [5.74, 6) is 0.371. The van der Waals surface area contributed by atoms with Gasteiger partial charge in [-0.3, -0.25) is 4.79 Å². The lowest BCUT2D eigenvalue weighted by molar-refractivity contribution is -0.0512. The molecule has 1 amide bonds. The highest BCUT2D eigenvalue weighted by atomic mass is 35.5. The molecule has 0 heterocycles. The zero-order chi connectivity index (χ0) is 20.3. The van der Waals surface area contributed by atoms with Gasteiger partial charge < -0.3 is 19.1 Å². The standard InChI is InChI=1S/C20H20ClF2NO4/c1-26-16-8-4-13(21)10-15(16)19(25)24(14-5-6-14)11-12-3-7-17(28-20(22)23)18(9-12)27-2/h3-4,7-10,14,20H,5-6,11H2,1-2H3. The molecular formula is C20H20ClF2NO4. The maximum absolute atomic E-state index is 13.2. The van der Waals surface area contributed by atoms with Crippen LogP contribution in [0.25, 0.3) is 0 Å². The Morgan fingerprint density at radius 1 is 1.11 bits per heavy atom. The summed E-state index contributed by atoms with van der Waals surface area (Å²) in [5, 5.41) is 0.440. The van der Waals surface area contributed by atoms with Crippen molar-refractivity contribution in [3.8, 4) is 17.2 Å². The van der Waals surface area contributed by atoms with E-state index in [9.17, 15) is 13.6 Å². The number of methoxy groups -OCH3 is 2. The quantitative estimate of drug-likeness (QED) is 0.628. The first-order chi connectivity index (χ1) is 13.4. The van der Waals surface area contributed by atoms with Crippen LogP contribution in [0.4, 0.5) is 8.78 Å². The lowest BCUT2D eigenvalue weighted by Crippen LogP contribution is -2.32. The molecule has 0 N–H and O–H groups in total. The molecule has 0 saturated heterocycles. The van der Waals surface area contributed by atoms with Gasteiger partial charge in [-0.1, -0.05) is 17.7 Å². The first-order valence-electron chi connectivity index (χ1n) is 8.69. The second-order valence-corrected chi connectivity index (χ2v) is 6.81. The highest BCUT2D eigenvalue weighted by Gasteiger charge is 2.34. The number of benzene rings is 2. The van der Waals surface area contributed by atoms with Crippen molar-refractivity contribution >= 4 is 17.5 Å². The molecule has 0 unspecified atom stereocenters. The van der Waals surface area contributed by atoms with Crippen molar-refractivity contribution in [3.05, 3.63) is 52.5 Å². The Morgan fingerprint density at radius 3 is 2.39 bits per heavy atom. The summed E-state index contributed by atoms with van der Waals surface area (Å²) < 4.78 is 39.9. The van der Waals surface area contributed by atoms with Crippen molar-refractivity contribution in [3.63, 3.8) is 0 Å². The van der Waals surface area contributed by atoms with E-state index in [-0.39, 0.29) is 23.4 Å². The van der Waals surface area contributed by atoms with E-state index in [1.807, 2.05) is 0 Å². The maximum atomic E-state index is 13.2. The summed E-state index contributed by atoms with van der Waals surface area (Å²) in [6.07, 6.45) is 1.80. The third-order valence-corrected chi connectivity index (χ3v) is 4.67. The maximum Gasteiger partial charge on any atom is 0.387 e. The minimum Gasteiger partial charge on any atom is -0.496 e. The molecule has 1 aliphatic carbocycles. The van der Waals surface area contributed by atoms with Crippen molar-refractivity contribution in [2.24, 2.45) is 0 Å². The van der Waals surface area contributed by atoms with E-state index >= 15 is 0 Å². The van der Waals surface area contributed by atoms with Crippen LogP contribution in [0, 0.1) is 0 Å². The van der Waals surface area contributed by atoms with Crippen molar-refractivity contribution in [1.29, 1.82) is 0 Å². The van der Waals surface area contributed by atoms with Crippen LogP contribution in [0.5, 0.6) is 17.2 Å². The molecule has 0 bridgehead atoms. The van der Waals surface area contributed by atoms with Crippen LogP contribution in [0.2, 0.25) is 5.02 Å². The van der Waals surface area contributed by atoms with Gasteiger partial charge in [0.25, 0.3) is 5.91 Å². The molecule has 2 aromatic carbocycles. The highest BCUT2D eigenvalue weighted by Crippen LogP contribution is 2.35. The highest BCUT2D eigenvalue weighted by molar-refractivity contribution is 6.31. The smallest absolute Gasteiger partial charge is 0.387 e. The van der Waals surface area contributed by atoms with Gasteiger partial charge in [0.05, 0.1) is 19.8 Å². The van der Waals surface area contributed by atoms with Crippen LogP contribution in [-0.2, 0) is 6.54 Å². The lowest BCUT2D eigenvalue weighted by atomic mass is 10.1. The molecule has 150 valence electrons. The fourth-order valence-corrected chi connectivity index (χ4v) is 3.13. The number of carbonyl (C=O) groups is 1. The van der Waals surface area contributed by atoms with Crippen LogP contribution in [-0.4, -0.2) is 37.7 Å². The molecule has 1 fully saturated rings. The summed E-state index contributed by atoms with van der Waals surface area (Å²) in [6, 6.07) is 9.65. The molecule has 0 aliphatic heterocycles. The van der Waals surface area contributed by atoms with Gasteiger partial charge in [-0.15, -0.1) is 0 Å². The Labute approximate surface area is 166 Å². The van der Waals surface area contributed by atoms with Crippen LogP contribution >= 0.6 is 11.6 Å². The van der Waals surface area contributed by atoms with Crippen molar-refractivity contribution in [2.45, 2.75) is 32.0 Å². The Hall–Kier alpha value is -2.54. The second kappa shape index (κ2) is 8.65. The summed E-state index contributed by atoms with van der Waals surface area (Å²) in [4.78, 5) is 14.9. The topological polar surface area (TPSA) is 48.0 Å². The molecule has 28 heavy (non-hydrogen) atoms. The van der Waals surface area contributed by atoms with Crippen molar-refractivity contribution < 1.29 is 27.8 Å². The van der Waals surface area contributed by atoms with Gasteiger partial charge in [0, 0.05) is 17.6 Å². The average molecular weight is 412 g/mol. The minimum atomic E-state index is -2.94. The summed E-state index contributed by atoms with van der Waals surface area (Å²) in [7, 11) is 2.87. The van der Waals surface area contributed by atoms with Crippen molar-refractivity contribution in [2.75, 3.05) is 14.2 Å². The average Bonchev–Trinajstić information content (AvgIpc) is 3.51. The number of carbonyl (C=O) groups excluding carboxylic acids is 1. The predicted molar refractivity (Wildman–Crippen MR) is 101 cm³/mol. The molecule has 3 rings (SSSR count). The van der Waals surface area contributed by atoms with E-state index in [1.165, 1.54) is 20.3 Å². The van der Waals surface area contributed by atoms with E-state index in [1.54, 1.807) is 35.2 Å². The molecule has 5 nitrogen and oxygen atoms in total. The fourth-order valence-electron chi connectivity index (χ4n) is 2.96. The van der Waals surface area contributed by atoms with Gasteiger partial charge in [0.15, 0.2) is 11.5 Å². The Morgan fingerprint density at radius 2 is 1.79 bits per heavy atom. The number of amides is 1. The van der Waals surface area contributed by atoms with Crippen LogP contribution < -0.4 is 14.2 Å². The number of halogens is 3. The van der Waals surface area contributed by atoms with Gasteiger partial charge in [-0.2, -0.15) is 8.78 Å². The molecule has 1 aliphatic rings. The zero-order valence-corrected chi connectivity index (χ0v) is 16.2. The van der Waals surface area contributed by atoms with E-state index < -0.39 is 6.61 Å². The first-order valence-corrected chi connectivity index (χ1v) is 9.07. The SMILES string of the molecule is COc1cc(CN(C(=O)c2cc(Cl)ccc2OC)C2CC2)ccc1OC(F)F. The Kier molecular flexibility index (Phi) is 6.24. The van der Waals surface area contributed by atoms with Crippen LogP contribution in [0.1, 0.15) is 28.8 Å². The van der Waals surface area contributed by atoms with E-state index in [2.05, 4.69) is 4.74 Å². The molecule has 0 radical (unpaired) electrons. The number of nitrogens with zero attached hydrogens (tertiary/aromatic N) is 1. The molecule has 2 aromatic rings. The number of ether oxygens (including phenoxy) is 3. The molecule has 0 aromatic heterocycles. The normalized spacial score (nSPS) is 13.4. The fraction of sp³-hybridized carbons (Fsp3) is 0.350. The number of hydrogen-bond donors (Lipinski definition) is 0. The van der Waals surface area contributed by atoms with E-state index in [0.29, 0.717) is 22.9 Å². The molecule has 8 heteroatoms.